The van der Waals surface area contributed by atoms with Gasteiger partial charge in [-0.2, -0.15) is 0 Å². The minimum Gasteiger partial charge on any atom is -0.336 e. The van der Waals surface area contributed by atoms with Gasteiger partial charge in [0.25, 0.3) is 0 Å². The third-order valence-electron chi connectivity index (χ3n) is 11.7. The molecular weight excluding hydrogens is 765 g/mol. The summed E-state index contributed by atoms with van der Waals surface area (Å²) >= 11 is 0. The lowest BCUT2D eigenvalue weighted by Crippen LogP contribution is -2.29. The van der Waals surface area contributed by atoms with E-state index in [-0.39, 0.29) is 0 Å². The Morgan fingerprint density at radius 3 is 1.89 bits per heavy atom. The molecule has 312 valence electrons. The molecule has 1 aliphatic carbocycles. The minimum atomic E-state index is 0.765. The molecule has 4 nitrogen and oxygen atoms in total. The Bertz CT molecular complexity index is 2850. The fourth-order valence-corrected chi connectivity index (χ4v) is 8.80. The van der Waals surface area contributed by atoms with Crippen LogP contribution in [-0.2, 0) is 0 Å². The van der Waals surface area contributed by atoms with Gasteiger partial charge in [0.15, 0.2) is 0 Å². The Hall–Kier alpha value is -7.56. The summed E-state index contributed by atoms with van der Waals surface area (Å²) in [4.78, 5) is 7.04. The first-order valence-electron chi connectivity index (χ1n) is 22.0. The van der Waals surface area contributed by atoms with Gasteiger partial charge in [-0.05, 0) is 154 Å². The van der Waals surface area contributed by atoms with Gasteiger partial charge >= 0.3 is 0 Å². The van der Waals surface area contributed by atoms with Gasteiger partial charge in [-0.3, -0.25) is 0 Å². The summed E-state index contributed by atoms with van der Waals surface area (Å²) in [5, 5.41) is 1.20. The normalized spacial score (nSPS) is 14.3. The molecule has 2 aliphatic rings. The van der Waals surface area contributed by atoms with Crippen LogP contribution in [0.4, 0.5) is 34.1 Å². The van der Waals surface area contributed by atoms with E-state index in [4.69, 9.17) is 0 Å². The topological polar surface area (TPSA) is 14.7 Å². The largest absolute Gasteiger partial charge is 0.336 e. The summed E-state index contributed by atoms with van der Waals surface area (Å²) in [7, 11) is 0. The molecule has 0 radical (unpaired) electrons. The van der Waals surface area contributed by atoms with Crippen LogP contribution in [0.25, 0.3) is 28.7 Å². The van der Waals surface area contributed by atoms with Gasteiger partial charge in [0.05, 0.1) is 11.2 Å². The number of rotatable bonds is 14. The van der Waals surface area contributed by atoms with E-state index < -0.39 is 0 Å². The highest BCUT2D eigenvalue weighted by Gasteiger charge is 2.25. The molecule has 0 atom stereocenters. The number of allylic oxidation sites excluding steroid dienone is 12. The van der Waals surface area contributed by atoms with Gasteiger partial charge in [0.2, 0.25) is 0 Å². The molecule has 0 bridgehead atoms. The van der Waals surface area contributed by atoms with Crippen molar-refractivity contribution in [3.63, 3.8) is 0 Å². The van der Waals surface area contributed by atoms with Crippen LogP contribution in [0.2, 0.25) is 0 Å². The monoisotopic (exact) mass is 820 g/mol. The zero-order valence-corrected chi connectivity index (χ0v) is 37.0. The van der Waals surface area contributed by atoms with Crippen molar-refractivity contribution in [2.45, 2.75) is 40.5 Å². The van der Waals surface area contributed by atoms with Crippen molar-refractivity contribution in [3.05, 3.63) is 247 Å². The van der Waals surface area contributed by atoms with E-state index in [1.54, 1.807) is 0 Å². The summed E-state index contributed by atoms with van der Waals surface area (Å²) < 4.78 is 2.31. The molecule has 0 saturated carbocycles. The maximum atomic E-state index is 4.29. The first-order chi connectivity index (χ1) is 31.0. The van der Waals surface area contributed by atoms with Crippen LogP contribution in [0.5, 0.6) is 0 Å². The number of hydrogen-bond acceptors (Lipinski definition) is 3. The average molecular weight is 821 g/mol. The zero-order valence-electron chi connectivity index (χ0n) is 37.0. The smallest absolute Gasteiger partial charge is 0.0541 e. The van der Waals surface area contributed by atoms with Crippen LogP contribution in [0.15, 0.2) is 236 Å². The van der Waals surface area contributed by atoms with Crippen molar-refractivity contribution in [2.24, 2.45) is 0 Å². The van der Waals surface area contributed by atoms with Crippen molar-refractivity contribution in [1.82, 2.24) is 4.57 Å². The maximum Gasteiger partial charge on any atom is 0.0541 e. The lowest BCUT2D eigenvalue weighted by Gasteiger charge is -2.34. The second-order valence-corrected chi connectivity index (χ2v) is 15.5. The molecule has 8 rings (SSSR count). The Morgan fingerprint density at radius 1 is 0.651 bits per heavy atom. The number of aromatic nitrogens is 1. The van der Waals surface area contributed by atoms with Gasteiger partial charge in [-0.25, -0.2) is 0 Å². The van der Waals surface area contributed by atoms with Crippen molar-refractivity contribution in [3.8, 4) is 5.69 Å². The number of anilines is 6. The Labute approximate surface area is 374 Å². The van der Waals surface area contributed by atoms with Crippen LogP contribution in [0.3, 0.4) is 0 Å². The standard InChI is InChI=1S/C59H56N4/c1-7-13-25-45(10-4)61(47-26-17-15-18-27-47)48-35-37-50(38-36-48)62(51-39-41-52(42-40-51)63-58(12-6)55(23-9-3)56-29-20-21-30-59(56)63)49-33-31-46(32-34-49)60-43-44-24-16-14-19-28-53(44)54(22-8-2)57(60)11-5/h8-13,15-42H,5-7,14,43H2,1-4H3/b22-8-,23-9-,25-13-,45-10+. The van der Waals surface area contributed by atoms with Crippen LogP contribution in [-0.4, -0.2) is 11.1 Å². The first-order valence-corrected chi connectivity index (χ1v) is 22.0. The highest BCUT2D eigenvalue weighted by Crippen LogP contribution is 2.41. The van der Waals surface area contributed by atoms with Gasteiger partial charge in [-0.1, -0.05) is 117 Å². The van der Waals surface area contributed by atoms with E-state index in [0.29, 0.717) is 0 Å². The molecule has 63 heavy (non-hydrogen) atoms. The maximum absolute atomic E-state index is 4.29. The number of para-hydroxylation sites is 2. The predicted octanol–water partition coefficient (Wildman–Crippen LogP) is 16.4. The van der Waals surface area contributed by atoms with Crippen molar-refractivity contribution in [2.75, 3.05) is 21.2 Å². The Balaban J connectivity index is 1.23. The van der Waals surface area contributed by atoms with Gasteiger partial charge in [-0.15, -0.1) is 0 Å². The molecule has 6 aromatic rings. The number of nitrogens with zero attached hydrogens (tertiary/aromatic N) is 4. The molecule has 4 heteroatoms. The fraction of sp³-hybridized carbons (Fsp3) is 0.119. The molecule has 1 aromatic heterocycles. The van der Waals surface area contributed by atoms with Crippen LogP contribution < -0.4 is 14.7 Å². The Kier molecular flexibility index (Phi) is 13.0. The fourth-order valence-electron chi connectivity index (χ4n) is 8.80. The predicted molar refractivity (Wildman–Crippen MR) is 274 cm³/mol. The first kappa shape index (κ1) is 42.1. The Morgan fingerprint density at radius 2 is 1.25 bits per heavy atom. The lowest BCUT2D eigenvalue weighted by molar-refractivity contribution is 0.969. The summed E-state index contributed by atoms with van der Waals surface area (Å²) in [6.45, 7) is 17.7. The molecule has 5 aromatic carbocycles. The van der Waals surface area contributed by atoms with E-state index >= 15 is 0 Å². The van der Waals surface area contributed by atoms with E-state index in [1.807, 2.05) is 12.2 Å². The van der Waals surface area contributed by atoms with E-state index in [0.717, 1.165) is 81.8 Å². The van der Waals surface area contributed by atoms with Crippen LogP contribution in [0.1, 0.15) is 51.8 Å². The second-order valence-electron chi connectivity index (χ2n) is 15.5. The summed E-state index contributed by atoms with van der Waals surface area (Å²) in [5.41, 5.74) is 16.9. The van der Waals surface area contributed by atoms with Gasteiger partial charge in [0, 0.05) is 74.3 Å². The zero-order chi connectivity index (χ0) is 43.7. The number of benzene rings is 5. The molecule has 0 unspecified atom stereocenters. The van der Waals surface area contributed by atoms with Crippen LogP contribution >= 0.6 is 0 Å². The van der Waals surface area contributed by atoms with E-state index in [9.17, 15) is 0 Å². The highest BCUT2D eigenvalue weighted by molar-refractivity contribution is 5.95. The third-order valence-corrected chi connectivity index (χ3v) is 11.7. The summed E-state index contributed by atoms with van der Waals surface area (Å²) in [6.07, 6.45) is 30.1. The van der Waals surface area contributed by atoms with Crippen molar-refractivity contribution < 1.29 is 0 Å². The quantitative estimate of drug-likeness (QED) is 0.102. The van der Waals surface area contributed by atoms with E-state index in [1.165, 1.54) is 27.7 Å². The SMILES string of the molecule is C=CC1=C(/C=C\C)C2=C(C=CCC=C2)CN1c1ccc(N(c2ccc(N(C(/C=C\CC)=C/C)c3ccccc3)cc2)c2ccc(-n3c(C=C)c(/C=C\C)c4ccccc43)cc2)cc1. The number of fused-ring (bicyclic) bond motifs is 1. The van der Waals surface area contributed by atoms with Crippen molar-refractivity contribution in [1.29, 1.82) is 0 Å². The molecule has 0 spiro atoms. The average Bonchev–Trinajstić information content (AvgIpc) is 3.45. The molecule has 0 N–H and O–H groups in total. The third kappa shape index (κ3) is 8.41. The lowest BCUT2D eigenvalue weighted by atomic mass is 9.92. The molecule has 1 aliphatic heterocycles. The molecular formula is C59H56N4. The molecule has 2 heterocycles. The summed E-state index contributed by atoms with van der Waals surface area (Å²) in [5.74, 6) is 0. The van der Waals surface area contributed by atoms with E-state index in [2.05, 4.69) is 254 Å². The van der Waals surface area contributed by atoms with Gasteiger partial charge < -0.3 is 19.3 Å². The second kappa shape index (κ2) is 19.4. The minimum absolute atomic E-state index is 0.765. The summed E-state index contributed by atoms with van der Waals surface area (Å²) in [6, 6.07) is 45.9. The molecule has 0 saturated heterocycles. The van der Waals surface area contributed by atoms with Gasteiger partial charge in [0.1, 0.15) is 0 Å². The number of hydrogen-bond donors (Lipinski definition) is 0. The van der Waals surface area contributed by atoms with Crippen molar-refractivity contribution >= 4 is 57.2 Å². The molecule has 0 amide bonds. The highest BCUT2D eigenvalue weighted by atomic mass is 15.2. The van der Waals surface area contributed by atoms with Crippen LogP contribution in [0, 0.1) is 0 Å². The molecule has 0 fully saturated rings.